The number of aryl methyl sites for hydroxylation is 11. The molecule has 0 aliphatic rings. The van der Waals surface area contributed by atoms with Gasteiger partial charge < -0.3 is 32.9 Å². The number of thiophene rings is 2. The predicted molar refractivity (Wildman–Crippen MR) is 452 cm³/mol. The molecular weight excluding hydrogens is 2370 g/mol. The number of benzene rings is 10. The third-order valence-electron chi connectivity index (χ3n) is 19.6. The van der Waals surface area contributed by atoms with Gasteiger partial charge in [0.2, 0.25) is 0 Å². The van der Waals surface area contributed by atoms with E-state index in [1.54, 1.807) is 42.2 Å². The fourth-order valence-electron chi connectivity index (χ4n) is 14.1. The second-order valence-corrected chi connectivity index (χ2v) is 30.0. The van der Waals surface area contributed by atoms with Crippen LogP contribution in [0.1, 0.15) is 87.8 Å². The van der Waals surface area contributed by atoms with Gasteiger partial charge in [0.1, 0.15) is 16.7 Å². The number of hydrogen-bond acceptors (Lipinski definition) is 16. The molecule has 0 aliphatic carbocycles. The molecule has 0 bridgehead atoms. The van der Waals surface area contributed by atoms with E-state index in [0.29, 0.717) is 17.5 Å². The van der Waals surface area contributed by atoms with Crippen molar-refractivity contribution in [3.8, 4) is 62.2 Å². The van der Waals surface area contributed by atoms with Crippen LogP contribution in [0.25, 0.3) is 162 Å². The van der Waals surface area contributed by atoms with Crippen molar-refractivity contribution in [2.45, 2.75) is 95.9 Å². The number of methoxy groups -OCH3 is 1. The van der Waals surface area contributed by atoms with Gasteiger partial charge in [0.05, 0.1) is 58.0 Å². The second-order valence-electron chi connectivity index (χ2n) is 27.9. The Morgan fingerprint density at radius 1 is 0.336 bits per heavy atom. The molecule has 116 heavy (non-hydrogen) atoms. The predicted octanol–water partition coefficient (Wildman–Crippen LogP) is 24.7. The van der Waals surface area contributed by atoms with Gasteiger partial charge in [-0.15, -0.1) is 102 Å². The van der Waals surface area contributed by atoms with Crippen LogP contribution in [0, 0.1) is 106 Å². The number of fused-ring (bicyclic) bond motifs is 15. The first kappa shape index (κ1) is 87.3. The van der Waals surface area contributed by atoms with Gasteiger partial charge >= 0.3 is 0 Å². The molecule has 0 unspecified atom stereocenters. The van der Waals surface area contributed by atoms with Crippen molar-refractivity contribution < 1.29 is 119 Å². The minimum absolute atomic E-state index is 0. The van der Waals surface area contributed by atoms with Gasteiger partial charge in [-0.3, -0.25) is 29.9 Å². The number of furan rings is 3. The summed E-state index contributed by atoms with van der Waals surface area (Å²) < 4.78 is 28.7. The first-order valence-corrected chi connectivity index (χ1v) is 38.3. The molecule has 20 aromatic rings. The molecule has 0 spiro atoms. The van der Waals surface area contributed by atoms with Gasteiger partial charge in [0, 0.05) is 202 Å². The van der Waals surface area contributed by atoms with E-state index in [-0.39, 0.29) is 101 Å². The number of hydrogen-bond donors (Lipinski definition) is 0. The number of ether oxygens (including phenoxy) is 1. The van der Waals surface area contributed by atoms with Crippen LogP contribution in [-0.2, 0) is 101 Å². The van der Waals surface area contributed by atoms with E-state index in [1.165, 1.54) is 45.9 Å². The van der Waals surface area contributed by atoms with Gasteiger partial charge in [0.25, 0.3) is 0 Å². The summed E-state index contributed by atoms with van der Waals surface area (Å²) in [6.07, 6.45) is 7.18. The van der Waals surface area contributed by atoms with Gasteiger partial charge in [-0.1, -0.05) is 149 Å². The molecule has 10 aromatic carbocycles. The molecule has 20 rings (SSSR count). The van der Waals surface area contributed by atoms with Crippen molar-refractivity contribution in [1.82, 2.24) is 49.8 Å². The fourth-order valence-corrected chi connectivity index (χ4v) is 16.5. The molecule has 0 amide bonds. The van der Waals surface area contributed by atoms with Gasteiger partial charge in [0.15, 0.2) is 5.88 Å². The quantitative estimate of drug-likeness (QED) is 0.138. The first-order chi connectivity index (χ1) is 53.8. The minimum atomic E-state index is 0. The molecular formula is C95H75Ir5N10O4S2-5. The third-order valence-corrected chi connectivity index (χ3v) is 22.0. The fraction of sp³-hybridized carbons (Fsp3) is 0.158. The van der Waals surface area contributed by atoms with Crippen molar-refractivity contribution in [1.29, 1.82) is 0 Å². The number of para-hydroxylation sites is 2. The number of nitrogens with zero attached hydrogens (tertiary/aromatic N) is 10. The molecule has 0 aliphatic heterocycles. The summed E-state index contributed by atoms with van der Waals surface area (Å²) in [5.41, 5.74) is 25.5. The molecule has 14 nitrogen and oxygen atoms in total. The van der Waals surface area contributed by atoms with E-state index < -0.39 is 0 Å². The summed E-state index contributed by atoms with van der Waals surface area (Å²) in [7, 11) is 1.59. The summed E-state index contributed by atoms with van der Waals surface area (Å²) in [6, 6.07) is 74.2. The summed E-state index contributed by atoms with van der Waals surface area (Å²) in [6.45, 7) is 26.2. The standard InChI is InChI=1S/2C20H17N2O.C19H15N2S.C18H13N2O2.C18H13N2S.5Ir/c1-11-5-6-18-15(7-11)16-8-12(2)9-17(20(16)23-18)19-14(4)22-13(3)10-21-19;1-12(2)17-11-21-19(13(3)22-17)16-9-6-8-15-14-7-4-5-10-18(14)23-20(15)16;1-11-12(2)21-18(13(3)20-11)16-9-6-8-15-14-7-4-5-10-17(14)22-19(15)16;1-11-10-19-16(18(20-11)21-2)14-8-5-7-13-12-6-3-4-9-15(12)22-17(13)14;1-11-10-19-17(12(2)20-11)15-8-5-7-14-13-6-3-4-9-16(13)21-18(14)15;;;;;/h5-8,10H,1-4H3;4-8,10-12H,1-3H3;4-8,10H,1-3H3;3-7,9-10H,1-2H3;3-7,9-10H,1-2H3;;;;;/q5*-1;;;;;. The summed E-state index contributed by atoms with van der Waals surface area (Å²) >= 11 is 3.60. The third kappa shape index (κ3) is 17.4. The van der Waals surface area contributed by atoms with E-state index >= 15 is 0 Å². The normalized spacial score (nSPS) is 10.9. The topological polar surface area (TPSA) is 178 Å². The Bertz CT molecular complexity index is 7020. The molecule has 10 aromatic heterocycles. The Kier molecular flexibility index (Phi) is 28.2. The summed E-state index contributed by atoms with van der Waals surface area (Å²) in [5, 5.41) is 11.7. The maximum Gasteiger partial charge on any atom is 0.195 e. The monoisotopic (exact) mass is 2450 g/mol. The molecule has 0 saturated carbocycles. The van der Waals surface area contributed by atoms with Crippen LogP contribution in [0.2, 0.25) is 0 Å². The SMILES string of the molecule is COc1nc(C)cnc1-c1[c-]ccc2c1oc1ccccc12.Cc1[c-]c(-c2ncc(C)nc2C)c2oc3ccc(C)cc3c2c1.Cc1cnc(-c2[c-]ccc3c2sc2ccccc23)c(C)n1.Cc1nc(C(C)C)cnc1-c1[c-]ccc2c1oc1ccccc12.Cc1nc(C)c(-c2[c-]ccc3c2sc2ccccc23)nc1C.[Ir].[Ir].[Ir].[Ir].[Ir]. The molecule has 0 atom stereocenters. The summed E-state index contributed by atoms with van der Waals surface area (Å²) in [5.74, 6) is 0.838. The zero-order valence-electron chi connectivity index (χ0n) is 65.6. The van der Waals surface area contributed by atoms with Crippen molar-refractivity contribution in [3.05, 3.63) is 293 Å². The molecule has 10 heterocycles. The van der Waals surface area contributed by atoms with Gasteiger partial charge in [-0.2, -0.15) is 22.7 Å². The van der Waals surface area contributed by atoms with Crippen molar-refractivity contribution in [2.75, 3.05) is 7.11 Å². The zero-order valence-corrected chi connectivity index (χ0v) is 79.2. The van der Waals surface area contributed by atoms with Crippen LogP contribution < -0.4 is 4.74 Å². The molecule has 5 radical (unpaired) electrons. The average Bonchev–Trinajstić information content (AvgIpc) is 1.61. The van der Waals surface area contributed by atoms with E-state index in [1.807, 2.05) is 160 Å². The number of rotatable bonds is 7. The van der Waals surface area contributed by atoms with Crippen LogP contribution in [0.5, 0.6) is 5.88 Å². The Hall–Kier alpha value is -9.51. The van der Waals surface area contributed by atoms with E-state index in [4.69, 9.17) is 23.0 Å². The van der Waals surface area contributed by atoms with Crippen LogP contribution in [0.4, 0.5) is 0 Å². The number of aromatic nitrogens is 10. The second kappa shape index (κ2) is 37.4. The van der Waals surface area contributed by atoms with Gasteiger partial charge in [-0.25, -0.2) is 4.98 Å². The van der Waals surface area contributed by atoms with E-state index in [2.05, 4.69) is 188 Å². The average molecular weight is 2450 g/mol. The Balaban J connectivity index is 0.000000141. The summed E-state index contributed by atoms with van der Waals surface area (Å²) in [4.78, 5) is 45.8. The van der Waals surface area contributed by atoms with Crippen LogP contribution in [-0.4, -0.2) is 56.9 Å². The van der Waals surface area contributed by atoms with Gasteiger partial charge in [-0.05, 0) is 132 Å². The molecule has 591 valence electrons. The molecule has 21 heteroatoms. The maximum absolute atomic E-state index is 6.13. The van der Waals surface area contributed by atoms with E-state index in [0.717, 1.165) is 179 Å². The maximum atomic E-state index is 6.13. The van der Waals surface area contributed by atoms with Crippen LogP contribution >= 0.6 is 22.7 Å². The molecule has 0 N–H and O–H groups in total. The largest absolute Gasteiger partial charge is 0.501 e. The van der Waals surface area contributed by atoms with Crippen molar-refractivity contribution in [2.24, 2.45) is 0 Å². The van der Waals surface area contributed by atoms with Crippen LogP contribution in [0.15, 0.2) is 208 Å². The molecule has 0 fully saturated rings. The minimum Gasteiger partial charge on any atom is -0.501 e. The molecule has 0 saturated heterocycles. The smallest absolute Gasteiger partial charge is 0.195 e. The van der Waals surface area contributed by atoms with E-state index in [9.17, 15) is 0 Å². The first-order valence-electron chi connectivity index (χ1n) is 36.6. The van der Waals surface area contributed by atoms with Crippen LogP contribution in [0.3, 0.4) is 0 Å². The zero-order chi connectivity index (χ0) is 76.9. The Labute approximate surface area is 748 Å². The van der Waals surface area contributed by atoms with Crippen molar-refractivity contribution >= 4 is 129 Å². The Morgan fingerprint density at radius 2 is 0.741 bits per heavy atom. The van der Waals surface area contributed by atoms with Crippen molar-refractivity contribution in [3.63, 3.8) is 0 Å². The Morgan fingerprint density at radius 3 is 1.26 bits per heavy atom.